The lowest BCUT2D eigenvalue weighted by Crippen LogP contribution is -2.37. The first-order chi connectivity index (χ1) is 15.4. The van der Waals surface area contributed by atoms with Gasteiger partial charge in [0.05, 0.1) is 5.69 Å². The third kappa shape index (κ3) is 3.89. The molecule has 1 saturated carbocycles. The van der Waals surface area contributed by atoms with Gasteiger partial charge in [-0.25, -0.2) is 4.98 Å². The molecule has 1 aliphatic carbocycles. The van der Waals surface area contributed by atoms with E-state index in [0.29, 0.717) is 16.6 Å². The molecule has 1 atom stereocenters. The average molecular weight is 465 g/mol. The molecule has 0 bridgehead atoms. The highest BCUT2D eigenvalue weighted by molar-refractivity contribution is 7.45. The number of aromatic hydroxyl groups is 1. The van der Waals surface area contributed by atoms with Gasteiger partial charge in [-0.15, -0.1) is 11.3 Å². The lowest BCUT2D eigenvalue weighted by Gasteiger charge is -2.45. The van der Waals surface area contributed by atoms with E-state index in [0.717, 1.165) is 29.3 Å². The average Bonchev–Trinajstić information content (AvgIpc) is 3.24. The monoisotopic (exact) mass is 464 g/mol. The second kappa shape index (κ2) is 8.45. The zero-order chi connectivity index (χ0) is 22.3. The molecule has 0 amide bonds. The first-order valence-corrected chi connectivity index (χ1v) is 12.8. The first-order valence-electron chi connectivity index (χ1n) is 10.6. The number of phenolic OH excluding ortho intramolecular Hbond substituents is 1. The molecule has 4 N–H and O–H groups in total. The largest absolute Gasteiger partial charge is 0.508 e. The fourth-order valence-corrected chi connectivity index (χ4v) is 6.44. The van der Waals surface area contributed by atoms with E-state index in [9.17, 15) is 14.9 Å². The highest BCUT2D eigenvalue weighted by atomic mass is 32.1. The quantitative estimate of drug-likeness (QED) is 0.254. The summed E-state index contributed by atoms with van der Waals surface area (Å²) in [6, 6.07) is 21.6. The number of hydrogen-bond acceptors (Lipinski definition) is 6. The topological polar surface area (TPSA) is 85.6 Å². The van der Waals surface area contributed by atoms with E-state index < -0.39 is 14.2 Å². The standard InChI is InChI=1S/C25H25N2O3PS/c1-25(18-8-3-2-4-9-18)13-17(14-25)20-15-32-24(26-20)27-23(31(29)30)22-19-10-6-5-7-16(19)11-12-21(22)28/h2-12,15,17,23,28-30H,13-14H2,1H3,(H,26,27). The SMILES string of the molecule is CC1(c2ccccc2)CC(c2csc(NC(c3c(O)ccc4ccccc34)P(O)O)n2)C1. The van der Waals surface area contributed by atoms with Crippen LogP contribution in [-0.2, 0) is 5.41 Å². The molecule has 3 aromatic carbocycles. The number of aromatic nitrogens is 1. The molecular formula is C25H25N2O3PS. The Hall–Kier alpha value is -2.50. The van der Waals surface area contributed by atoms with Gasteiger partial charge in [0.15, 0.2) is 13.5 Å². The number of thiazole rings is 1. The van der Waals surface area contributed by atoms with Crippen molar-refractivity contribution in [2.45, 2.75) is 36.9 Å². The van der Waals surface area contributed by atoms with Crippen molar-refractivity contribution in [2.75, 3.05) is 5.32 Å². The van der Waals surface area contributed by atoms with E-state index >= 15 is 0 Å². The van der Waals surface area contributed by atoms with Crippen LogP contribution in [0.3, 0.4) is 0 Å². The zero-order valence-corrected chi connectivity index (χ0v) is 19.4. The minimum atomic E-state index is -2.40. The smallest absolute Gasteiger partial charge is 0.194 e. The Labute approximate surface area is 192 Å². The van der Waals surface area contributed by atoms with Gasteiger partial charge in [0.25, 0.3) is 0 Å². The van der Waals surface area contributed by atoms with Crippen LogP contribution < -0.4 is 5.32 Å². The molecule has 5 nitrogen and oxygen atoms in total. The van der Waals surface area contributed by atoms with Crippen LogP contribution in [0.25, 0.3) is 10.8 Å². The highest BCUT2D eigenvalue weighted by Crippen LogP contribution is 2.53. The van der Waals surface area contributed by atoms with Crippen LogP contribution in [0.1, 0.15) is 48.3 Å². The number of benzene rings is 3. The molecule has 1 unspecified atom stereocenters. The number of fused-ring (bicyclic) bond motifs is 1. The molecule has 1 aromatic heterocycles. The molecule has 1 heterocycles. The number of rotatable bonds is 6. The van der Waals surface area contributed by atoms with E-state index in [1.165, 1.54) is 16.9 Å². The molecule has 0 spiro atoms. The number of nitrogens with zero attached hydrogens (tertiary/aromatic N) is 1. The maximum atomic E-state index is 10.5. The Bertz CT molecular complexity index is 1240. The second-order valence-corrected chi connectivity index (χ2v) is 10.7. The van der Waals surface area contributed by atoms with Crippen LogP contribution in [0.5, 0.6) is 5.75 Å². The summed E-state index contributed by atoms with van der Waals surface area (Å²) in [5, 5.41) is 18.1. The third-order valence-corrected chi connectivity index (χ3v) is 8.16. The van der Waals surface area contributed by atoms with Crippen LogP contribution in [0, 0.1) is 0 Å². The number of nitrogens with one attached hydrogen (secondary N) is 1. The lowest BCUT2D eigenvalue weighted by atomic mass is 9.59. The van der Waals surface area contributed by atoms with Crippen molar-refractivity contribution in [3.05, 3.63) is 88.9 Å². The van der Waals surface area contributed by atoms with Crippen molar-refractivity contribution in [1.82, 2.24) is 4.98 Å². The Balaban J connectivity index is 1.37. The number of phenols is 1. The van der Waals surface area contributed by atoms with Gasteiger partial charge in [0, 0.05) is 16.9 Å². The lowest BCUT2D eigenvalue weighted by molar-refractivity contribution is 0.222. The predicted molar refractivity (Wildman–Crippen MR) is 131 cm³/mol. The van der Waals surface area contributed by atoms with Crippen LogP contribution >= 0.6 is 19.7 Å². The van der Waals surface area contributed by atoms with Gasteiger partial charge in [-0.05, 0) is 40.7 Å². The van der Waals surface area contributed by atoms with Crippen LogP contribution in [0.4, 0.5) is 5.13 Å². The van der Waals surface area contributed by atoms with Crippen molar-refractivity contribution >= 4 is 35.6 Å². The fourth-order valence-electron chi connectivity index (χ4n) is 4.79. The van der Waals surface area contributed by atoms with E-state index in [4.69, 9.17) is 4.98 Å². The van der Waals surface area contributed by atoms with Gasteiger partial charge >= 0.3 is 0 Å². The summed E-state index contributed by atoms with van der Waals surface area (Å²) in [5.74, 6) is -0.418. The van der Waals surface area contributed by atoms with Crippen LogP contribution in [-0.4, -0.2) is 19.9 Å². The summed E-state index contributed by atoms with van der Waals surface area (Å²) in [4.78, 5) is 25.2. The molecule has 1 aliphatic rings. The summed E-state index contributed by atoms with van der Waals surface area (Å²) < 4.78 is 0. The third-order valence-electron chi connectivity index (χ3n) is 6.52. The van der Waals surface area contributed by atoms with Crippen molar-refractivity contribution in [3.63, 3.8) is 0 Å². The molecule has 7 heteroatoms. The van der Waals surface area contributed by atoms with E-state index in [1.807, 2.05) is 36.4 Å². The molecule has 0 radical (unpaired) electrons. The minimum Gasteiger partial charge on any atom is -0.508 e. The molecule has 1 fully saturated rings. The molecular weight excluding hydrogens is 439 g/mol. The molecule has 164 valence electrons. The molecule has 0 aliphatic heterocycles. The Morgan fingerprint density at radius 1 is 1.03 bits per heavy atom. The maximum Gasteiger partial charge on any atom is 0.194 e. The molecule has 32 heavy (non-hydrogen) atoms. The van der Waals surface area contributed by atoms with Crippen molar-refractivity contribution in [1.29, 1.82) is 0 Å². The van der Waals surface area contributed by atoms with Crippen LogP contribution in [0.15, 0.2) is 72.1 Å². The Morgan fingerprint density at radius 2 is 1.75 bits per heavy atom. The number of anilines is 1. The molecule has 0 saturated heterocycles. The summed E-state index contributed by atoms with van der Waals surface area (Å²) in [6.45, 7) is 2.30. The Morgan fingerprint density at radius 3 is 2.50 bits per heavy atom. The number of hydrogen-bond donors (Lipinski definition) is 4. The summed E-state index contributed by atoms with van der Waals surface area (Å²) in [7, 11) is -2.40. The predicted octanol–water partition coefficient (Wildman–Crippen LogP) is 6.24. The first kappa shape index (κ1) is 21.4. The maximum absolute atomic E-state index is 10.5. The highest BCUT2D eigenvalue weighted by Gasteiger charge is 2.43. The summed E-state index contributed by atoms with van der Waals surface area (Å²) in [6.07, 6.45) is 2.08. The van der Waals surface area contributed by atoms with E-state index in [-0.39, 0.29) is 11.2 Å². The van der Waals surface area contributed by atoms with Gasteiger partial charge in [-0.1, -0.05) is 67.6 Å². The van der Waals surface area contributed by atoms with E-state index in [2.05, 4.69) is 41.9 Å². The minimum absolute atomic E-state index is 0.0335. The summed E-state index contributed by atoms with van der Waals surface area (Å²) in [5.41, 5.74) is 3.05. The van der Waals surface area contributed by atoms with Gasteiger partial charge in [-0.3, -0.25) is 0 Å². The zero-order valence-electron chi connectivity index (χ0n) is 17.6. The van der Waals surface area contributed by atoms with Gasteiger partial charge in [0.1, 0.15) is 11.5 Å². The van der Waals surface area contributed by atoms with Crippen molar-refractivity contribution in [2.24, 2.45) is 0 Å². The van der Waals surface area contributed by atoms with Gasteiger partial charge < -0.3 is 20.2 Å². The molecule has 5 rings (SSSR count). The van der Waals surface area contributed by atoms with Gasteiger partial charge in [-0.2, -0.15) is 0 Å². The fraction of sp³-hybridized carbons (Fsp3) is 0.240. The van der Waals surface area contributed by atoms with Crippen molar-refractivity contribution < 1.29 is 14.9 Å². The second-order valence-electron chi connectivity index (χ2n) is 8.70. The van der Waals surface area contributed by atoms with E-state index in [1.54, 1.807) is 6.07 Å². The summed E-state index contributed by atoms with van der Waals surface area (Å²) >= 11 is 1.46. The Kier molecular flexibility index (Phi) is 5.64. The normalized spacial score (nSPS) is 21.4. The van der Waals surface area contributed by atoms with Crippen LogP contribution in [0.2, 0.25) is 0 Å². The van der Waals surface area contributed by atoms with Gasteiger partial charge in [0.2, 0.25) is 0 Å². The molecule has 4 aromatic rings. The van der Waals surface area contributed by atoms with Crippen molar-refractivity contribution in [3.8, 4) is 5.75 Å².